The third-order valence-corrected chi connectivity index (χ3v) is 0.788. The lowest BCUT2D eigenvalue weighted by atomic mass is 10.4. The first-order valence-electron chi connectivity index (χ1n) is 2.94. The van der Waals surface area contributed by atoms with Gasteiger partial charge in [0, 0.05) is 6.08 Å². The quantitative estimate of drug-likeness (QED) is 0.446. The highest BCUT2D eigenvalue weighted by atomic mass is 16.4. The Bertz CT molecular complexity index is 175. The number of hydrogen-bond donors (Lipinski definition) is 3. The van der Waals surface area contributed by atoms with Crippen LogP contribution in [-0.2, 0) is 9.59 Å². The molecular weight excluding hydrogens is 150 g/mol. The summed E-state index contributed by atoms with van der Waals surface area (Å²) < 4.78 is 0. The fourth-order valence-electron chi connectivity index (χ4n) is 0.381. The smallest absolute Gasteiger partial charge is 0.322 e. The Morgan fingerprint density at radius 1 is 1.45 bits per heavy atom. The van der Waals surface area contributed by atoms with Crippen molar-refractivity contribution in [1.29, 1.82) is 0 Å². The molecule has 0 aliphatic carbocycles. The summed E-state index contributed by atoms with van der Waals surface area (Å²) in [6.45, 7) is -0.644. The van der Waals surface area contributed by atoms with Crippen molar-refractivity contribution in [1.82, 2.24) is 5.32 Å². The largest absolute Gasteiger partial charge is 0.480 e. The van der Waals surface area contributed by atoms with Gasteiger partial charge in [0.25, 0.3) is 0 Å². The summed E-state index contributed by atoms with van der Waals surface area (Å²) in [5.41, 5.74) is 0. The Hall–Kier alpha value is -1.36. The van der Waals surface area contributed by atoms with Crippen LogP contribution in [0.25, 0.3) is 0 Å². The standard InChI is InChI=1S/C6H9NO4/c8-3-1-2-5(9)7-4-6(10)11/h1-2,8H,3-4H2,(H,7,9)(H,10,11). The fraction of sp³-hybridized carbons (Fsp3) is 0.333. The Balaban J connectivity index is 3.53. The van der Waals surface area contributed by atoms with Gasteiger partial charge in [0.2, 0.25) is 5.91 Å². The maximum atomic E-state index is 10.5. The predicted octanol–water partition coefficient (Wildman–Crippen LogP) is -1.26. The van der Waals surface area contributed by atoms with Crippen LogP contribution in [0.15, 0.2) is 12.2 Å². The van der Waals surface area contributed by atoms with Gasteiger partial charge in [0.1, 0.15) is 6.54 Å². The molecule has 0 heterocycles. The molecule has 0 aromatic carbocycles. The van der Waals surface area contributed by atoms with Crippen LogP contribution in [-0.4, -0.2) is 35.2 Å². The Morgan fingerprint density at radius 3 is 2.55 bits per heavy atom. The van der Waals surface area contributed by atoms with Crippen molar-refractivity contribution >= 4 is 11.9 Å². The van der Waals surface area contributed by atoms with E-state index in [-0.39, 0.29) is 6.61 Å². The zero-order valence-corrected chi connectivity index (χ0v) is 5.78. The second-order valence-electron chi connectivity index (χ2n) is 1.70. The number of carboxylic acid groups (broad SMARTS) is 1. The molecular formula is C6H9NO4. The molecule has 0 fully saturated rings. The third kappa shape index (κ3) is 6.53. The molecule has 0 radical (unpaired) electrons. The average Bonchev–Trinajstić information content (AvgIpc) is 1.97. The first kappa shape index (κ1) is 9.64. The van der Waals surface area contributed by atoms with Crippen molar-refractivity contribution in [2.24, 2.45) is 0 Å². The second kappa shape index (κ2) is 5.43. The number of nitrogens with one attached hydrogen (secondary N) is 1. The lowest BCUT2D eigenvalue weighted by Gasteiger charge is -1.94. The second-order valence-corrected chi connectivity index (χ2v) is 1.70. The zero-order chi connectivity index (χ0) is 8.69. The van der Waals surface area contributed by atoms with E-state index in [9.17, 15) is 9.59 Å². The van der Waals surface area contributed by atoms with E-state index >= 15 is 0 Å². The summed E-state index contributed by atoms with van der Waals surface area (Å²) in [5.74, 6) is -1.63. The summed E-state index contributed by atoms with van der Waals surface area (Å²) in [7, 11) is 0. The van der Waals surface area contributed by atoms with Crippen molar-refractivity contribution < 1.29 is 19.8 Å². The molecule has 5 heteroatoms. The number of carbonyl (C=O) groups excluding carboxylic acids is 1. The summed E-state index contributed by atoms with van der Waals surface area (Å²) in [6.07, 6.45) is 2.29. The van der Waals surface area contributed by atoms with Gasteiger partial charge in [-0.05, 0) is 0 Å². The number of carboxylic acids is 1. The monoisotopic (exact) mass is 159 g/mol. The predicted molar refractivity (Wildman–Crippen MR) is 36.9 cm³/mol. The Labute approximate surface area is 63.3 Å². The average molecular weight is 159 g/mol. The summed E-state index contributed by atoms with van der Waals surface area (Å²) in [4.78, 5) is 20.4. The van der Waals surface area contributed by atoms with Gasteiger partial charge < -0.3 is 15.5 Å². The summed E-state index contributed by atoms with van der Waals surface area (Å²) in [6, 6.07) is 0. The van der Waals surface area contributed by atoms with Crippen LogP contribution in [0.3, 0.4) is 0 Å². The summed E-state index contributed by atoms with van der Waals surface area (Å²) >= 11 is 0. The number of carbonyl (C=O) groups is 2. The van der Waals surface area contributed by atoms with Crippen molar-refractivity contribution in [3.63, 3.8) is 0 Å². The van der Waals surface area contributed by atoms with Crippen LogP contribution < -0.4 is 5.32 Å². The molecule has 0 aromatic heterocycles. The minimum atomic E-state index is -1.10. The fourth-order valence-corrected chi connectivity index (χ4v) is 0.381. The summed E-state index contributed by atoms with van der Waals surface area (Å²) in [5, 5.41) is 18.4. The molecule has 11 heavy (non-hydrogen) atoms. The van der Waals surface area contributed by atoms with E-state index in [2.05, 4.69) is 5.32 Å². The Morgan fingerprint density at radius 2 is 2.09 bits per heavy atom. The molecule has 3 N–H and O–H groups in total. The number of aliphatic carboxylic acids is 1. The van der Waals surface area contributed by atoms with Crippen molar-refractivity contribution in [2.45, 2.75) is 0 Å². The molecule has 0 atom stereocenters. The SMILES string of the molecule is O=C(O)CNC(=O)C=CCO. The topological polar surface area (TPSA) is 86.6 Å². The lowest BCUT2D eigenvalue weighted by molar-refractivity contribution is -0.137. The molecule has 1 amide bonds. The van der Waals surface area contributed by atoms with Crippen molar-refractivity contribution in [3.05, 3.63) is 12.2 Å². The molecule has 0 saturated carbocycles. The first-order chi connectivity index (χ1) is 5.16. The number of hydrogen-bond acceptors (Lipinski definition) is 3. The van der Waals surface area contributed by atoms with E-state index in [0.29, 0.717) is 0 Å². The van der Waals surface area contributed by atoms with Crippen LogP contribution in [0.1, 0.15) is 0 Å². The maximum Gasteiger partial charge on any atom is 0.322 e. The van der Waals surface area contributed by atoms with E-state index in [1.165, 1.54) is 6.08 Å². The van der Waals surface area contributed by atoms with Gasteiger partial charge in [-0.15, -0.1) is 0 Å². The molecule has 0 aliphatic rings. The van der Waals surface area contributed by atoms with Gasteiger partial charge in [-0.25, -0.2) is 0 Å². The first-order valence-corrected chi connectivity index (χ1v) is 2.94. The van der Waals surface area contributed by atoms with Crippen LogP contribution in [0.2, 0.25) is 0 Å². The van der Waals surface area contributed by atoms with Gasteiger partial charge in [0.05, 0.1) is 6.61 Å². The normalized spacial score (nSPS) is 9.91. The van der Waals surface area contributed by atoms with E-state index < -0.39 is 18.4 Å². The lowest BCUT2D eigenvalue weighted by Crippen LogP contribution is -2.27. The molecule has 62 valence electrons. The zero-order valence-electron chi connectivity index (χ0n) is 5.78. The highest BCUT2D eigenvalue weighted by molar-refractivity contribution is 5.89. The van der Waals surface area contributed by atoms with Crippen LogP contribution in [0.4, 0.5) is 0 Å². The molecule has 0 aromatic rings. The number of aliphatic hydroxyl groups is 1. The van der Waals surface area contributed by atoms with Gasteiger partial charge in [0.15, 0.2) is 0 Å². The van der Waals surface area contributed by atoms with E-state index in [0.717, 1.165) is 6.08 Å². The highest BCUT2D eigenvalue weighted by Crippen LogP contribution is 1.71. The highest BCUT2D eigenvalue weighted by Gasteiger charge is 1.97. The molecule has 0 rings (SSSR count). The third-order valence-electron chi connectivity index (χ3n) is 0.788. The molecule has 0 spiro atoms. The molecule has 0 aliphatic heterocycles. The maximum absolute atomic E-state index is 10.5. The number of aliphatic hydroxyl groups excluding tert-OH is 1. The minimum Gasteiger partial charge on any atom is -0.480 e. The van der Waals surface area contributed by atoms with E-state index in [4.69, 9.17) is 10.2 Å². The molecule has 0 unspecified atom stereocenters. The molecule has 0 bridgehead atoms. The van der Waals surface area contributed by atoms with Crippen LogP contribution in [0, 0.1) is 0 Å². The van der Waals surface area contributed by atoms with Gasteiger partial charge in [-0.1, -0.05) is 6.08 Å². The Kier molecular flexibility index (Phi) is 4.76. The van der Waals surface area contributed by atoms with Crippen LogP contribution >= 0.6 is 0 Å². The van der Waals surface area contributed by atoms with Crippen LogP contribution in [0.5, 0.6) is 0 Å². The number of amides is 1. The number of rotatable bonds is 4. The minimum absolute atomic E-state index is 0.236. The van der Waals surface area contributed by atoms with Crippen molar-refractivity contribution in [3.8, 4) is 0 Å². The molecule has 0 saturated heterocycles. The van der Waals surface area contributed by atoms with Gasteiger partial charge in [-0.3, -0.25) is 9.59 Å². The van der Waals surface area contributed by atoms with Gasteiger partial charge in [-0.2, -0.15) is 0 Å². The van der Waals surface area contributed by atoms with Crippen molar-refractivity contribution in [2.75, 3.05) is 13.2 Å². The van der Waals surface area contributed by atoms with E-state index in [1.807, 2.05) is 0 Å². The molecule has 5 nitrogen and oxygen atoms in total. The van der Waals surface area contributed by atoms with Gasteiger partial charge >= 0.3 is 5.97 Å². The van der Waals surface area contributed by atoms with E-state index in [1.54, 1.807) is 0 Å².